The predicted octanol–water partition coefficient (Wildman–Crippen LogP) is 2.64. The van der Waals surface area contributed by atoms with Crippen molar-refractivity contribution in [3.05, 3.63) is 35.9 Å². The van der Waals surface area contributed by atoms with Crippen molar-refractivity contribution in [2.24, 2.45) is 17.6 Å². The van der Waals surface area contributed by atoms with Crippen LogP contribution in [0.3, 0.4) is 0 Å². The summed E-state index contributed by atoms with van der Waals surface area (Å²) < 4.78 is 5.37. The first-order chi connectivity index (χ1) is 11.2. The van der Waals surface area contributed by atoms with Crippen molar-refractivity contribution in [2.75, 3.05) is 26.3 Å². The van der Waals surface area contributed by atoms with Crippen LogP contribution in [0.15, 0.2) is 30.3 Å². The quantitative estimate of drug-likeness (QED) is 0.906. The van der Waals surface area contributed by atoms with Crippen molar-refractivity contribution in [1.82, 2.24) is 4.90 Å². The number of hydrogen-bond donors (Lipinski definition) is 1. The normalized spacial score (nSPS) is 21.1. The molecule has 5 heteroatoms. The van der Waals surface area contributed by atoms with Crippen molar-refractivity contribution >= 4 is 18.3 Å². The molecular weight excluding hydrogens is 324 g/mol. The van der Waals surface area contributed by atoms with E-state index >= 15 is 0 Å². The average Bonchev–Trinajstić information content (AvgIpc) is 2.63. The molecule has 2 heterocycles. The van der Waals surface area contributed by atoms with Gasteiger partial charge in [0, 0.05) is 26.3 Å². The number of benzene rings is 1. The summed E-state index contributed by atoms with van der Waals surface area (Å²) >= 11 is 0. The summed E-state index contributed by atoms with van der Waals surface area (Å²) in [5.41, 5.74) is 7.63. The second-order valence-corrected chi connectivity index (χ2v) is 6.93. The molecule has 2 aliphatic heterocycles. The van der Waals surface area contributed by atoms with Gasteiger partial charge in [-0.2, -0.15) is 0 Å². The highest BCUT2D eigenvalue weighted by Gasteiger charge is 2.31. The third-order valence-corrected chi connectivity index (χ3v) is 5.35. The van der Waals surface area contributed by atoms with Gasteiger partial charge in [-0.3, -0.25) is 4.79 Å². The molecule has 0 radical (unpaired) electrons. The molecule has 0 aliphatic carbocycles. The lowest BCUT2D eigenvalue weighted by molar-refractivity contribution is -0.136. The summed E-state index contributed by atoms with van der Waals surface area (Å²) in [6.07, 6.45) is 5.12. The molecule has 2 saturated heterocycles. The maximum absolute atomic E-state index is 12.6. The Morgan fingerprint density at radius 3 is 2.38 bits per heavy atom. The Balaban J connectivity index is 0.00000208. The molecule has 1 aromatic carbocycles. The van der Waals surface area contributed by atoms with E-state index in [1.165, 1.54) is 5.56 Å². The number of carbonyl (C=O) groups is 1. The maximum Gasteiger partial charge on any atom is 0.239 e. The van der Waals surface area contributed by atoms with Gasteiger partial charge in [0.2, 0.25) is 5.91 Å². The van der Waals surface area contributed by atoms with Crippen LogP contribution in [0.2, 0.25) is 0 Å². The highest BCUT2D eigenvalue weighted by molar-refractivity contribution is 5.85. The van der Waals surface area contributed by atoms with E-state index in [-0.39, 0.29) is 24.4 Å². The Morgan fingerprint density at radius 2 is 1.75 bits per heavy atom. The lowest BCUT2D eigenvalue weighted by atomic mass is 9.88. The Morgan fingerprint density at radius 1 is 1.12 bits per heavy atom. The minimum atomic E-state index is -0.343. The third kappa shape index (κ3) is 4.95. The molecule has 4 nitrogen and oxygen atoms in total. The van der Waals surface area contributed by atoms with Gasteiger partial charge >= 0.3 is 0 Å². The van der Waals surface area contributed by atoms with Gasteiger partial charge in [-0.05, 0) is 49.5 Å². The van der Waals surface area contributed by atoms with Gasteiger partial charge in [0.25, 0.3) is 0 Å². The first-order valence-electron chi connectivity index (χ1n) is 8.90. The molecule has 1 atom stereocenters. The predicted molar refractivity (Wildman–Crippen MR) is 98.2 cm³/mol. The highest BCUT2D eigenvalue weighted by Crippen LogP contribution is 2.24. The summed E-state index contributed by atoms with van der Waals surface area (Å²) in [6, 6.07) is 10.3. The first kappa shape index (κ1) is 19.2. The molecule has 1 aromatic rings. The van der Waals surface area contributed by atoms with E-state index in [4.69, 9.17) is 10.5 Å². The highest BCUT2D eigenvalue weighted by atomic mass is 35.5. The van der Waals surface area contributed by atoms with Crippen LogP contribution in [0, 0.1) is 11.8 Å². The zero-order valence-corrected chi connectivity index (χ0v) is 15.0. The number of ether oxygens (including phenoxy) is 1. The number of piperidine rings is 1. The van der Waals surface area contributed by atoms with Crippen LogP contribution in [-0.4, -0.2) is 43.2 Å². The summed E-state index contributed by atoms with van der Waals surface area (Å²) in [7, 11) is 0. The molecule has 0 aromatic heterocycles. The van der Waals surface area contributed by atoms with Crippen LogP contribution >= 0.6 is 12.4 Å². The van der Waals surface area contributed by atoms with Crippen molar-refractivity contribution < 1.29 is 9.53 Å². The number of likely N-dealkylation sites (tertiary alicyclic amines) is 1. The number of hydrogen-bond acceptors (Lipinski definition) is 3. The van der Waals surface area contributed by atoms with Crippen LogP contribution in [0.1, 0.15) is 31.2 Å². The van der Waals surface area contributed by atoms with Gasteiger partial charge in [0.05, 0.1) is 6.04 Å². The molecule has 0 bridgehead atoms. The van der Waals surface area contributed by atoms with Gasteiger partial charge in [-0.1, -0.05) is 30.3 Å². The Labute approximate surface area is 151 Å². The van der Waals surface area contributed by atoms with E-state index in [9.17, 15) is 4.79 Å². The second-order valence-electron chi connectivity index (χ2n) is 6.93. The fourth-order valence-electron chi connectivity index (χ4n) is 3.79. The molecule has 1 amide bonds. The number of nitrogens with zero attached hydrogens (tertiary/aromatic N) is 1. The second kappa shape index (κ2) is 9.40. The number of rotatable bonds is 4. The molecule has 2 N–H and O–H groups in total. The molecule has 0 saturated carbocycles. The van der Waals surface area contributed by atoms with Crippen LogP contribution < -0.4 is 5.73 Å². The van der Waals surface area contributed by atoms with Crippen LogP contribution in [0.25, 0.3) is 0 Å². The topological polar surface area (TPSA) is 55.6 Å². The van der Waals surface area contributed by atoms with Crippen LogP contribution in [-0.2, 0) is 16.0 Å². The lowest BCUT2D eigenvalue weighted by Crippen LogP contribution is -2.51. The smallest absolute Gasteiger partial charge is 0.239 e. The molecular formula is C19H29ClN2O2. The standard InChI is InChI=1S/C19H28N2O2.ClH/c20-18(17-8-12-23-13-9-17)19(22)21-10-6-16(7-11-21)14-15-4-2-1-3-5-15;/h1-5,16-18H,6-14,20H2;1H. The number of amides is 1. The fraction of sp³-hybridized carbons (Fsp3) is 0.632. The maximum atomic E-state index is 12.6. The largest absolute Gasteiger partial charge is 0.381 e. The molecule has 134 valence electrons. The first-order valence-corrected chi connectivity index (χ1v) is 8.90. The van der Waals surface area contributed by atoms with Crippen LogP contribution in [0.4, 0.5) is 0 Å². The van der Waals surface area contributed by atoms with E-state index in [0.717, 1.165) is 58.4 Å². The SMILES string of the molecule is Cl.NC(C(=O)N1CCC(Cc2ccccc2)CC1)C1CCOCC1. The zero-order chi connectivity index (χ0) is 16.1. The molecule has 0 spiro atoms. The van der Waals surface area contributed by atoms with Gasteiger partial charge in [-0.15, -0.1) is 12.4 Å². The van der Waals surface area contributed by atoms with Crippen molar-refractivity contribution in [1.29, 1.82) is 0 Å². The molecule has 3 rings (SSSR count). The zero-order valence-electron chi connectivity index (χ0n) is 14.2. The van der Waals surface area contributed by atoms with E-state index in [2.05, 4.69) is 30.3 Å². The fourth-order valence-corrected chi connectivity index (χ4v) is 3.79. The minimum absolute atomic E-state index is 0. The summed E-state index contributed by atoms with van der Waals surface area (Å²) in [6.45, 7) is 3.19. The third-order valence-electron chi connectivity index (χ3n) is 5.35. The lowest BCUT2D eigenvalue weighted by Gasteiger charge is -2.36. The number of nitrogens with two attached hydrogens (primary N) is 1. The Hall–Kier alpha value is -1.10. The summed E-state index contributed by atoms with van der Waals surface area (Å²) in [5, 5.41) is 0. The molecule has 1 unspecified atom stereocenters. The van der Waals surface area contributed by atoms with E-state index in [1.807, 2.05) is 4.90 Å². The van der Waals surface area contributed by atoms with E-state index in [1.54, 1.807) is 0 Å². The van der Waals surface area contributed by atoms with Crippen LogP contribution in [0.5, 0.6) is 0 Å². The van der Waals surface area contributed by atoms with Gasteiger partial charge < -0.3 is 15.4 Å². The number of carbonyl (C=O) groups excluding carboxylic acids is 1. The molecule has 2 aliphatic rings. The van der Waals surface area contributed by atoms with Gasteiger partial charge in [0.1, 0.15) is 0 Å². The number of halogens is 1. The molecule has 2 fully saturated rings. The Kier molecular flexibility index (Phi) is 7.53. The molecule has 24 heavy (non-hydrogen) atoms. The van der Waals surface area contributed by atoms with E-state index in [0.29, 0.717) is 11.8 Å². The minimum Gasteiger partial charge on any atom is -0.381 e. The summed E-state index contributed by atoms with van der Waals surface area (Å²) in [5.74, 6) is 1.12. The van der Waals surface area contributed by atoms with Crippen molar-refractivity contribution in [3.63, 3.8) is 0 Å². The monoisotopic (exact) mass is 352 g/mol. The summed E-state index contributed by atoms with van der Waals surface area (Å²) in [4.78, 5) is 14.6. The average molecular weight is 353 g/mol. The Bertz CT molecular complexity index is 497. The van der Waals surface area contributed by atoms with Crippen molar-refractivity contribution in [3.8, 4) is 0 Å². The van der Waals surface area contributed by atoms with E-state index < -0.39 is 0 Å². The van der Waals surface area contributed by atoms with Gasteiger partial charge in [0.15, 0.2) is 0 Å². The van der Waals surface area contributed by atoms with Gasteiger partial charge in [-0.25, -0.2) is 0 Å². The van der Waals surface area contributed by atoms with Crippen molar-refractivity contribution in [2.45, 2.75) is 38.1 Å².